The lowest BCUT2D eigenvalue weighted by Crippen LogP contribution is -2.15. The second-order valence-corrected chi connectivity index (χ2v) is 17.1. The number of nitrogens with zero attached hydrogens (tertiary/aromatic N) is 3. The summed E-state index contributed by atoms with van der Waals surface area (Å²) in [6, 6.07) is 67.1. The summed E-state index contributed by atoms with van der Waals surface area (Å²) in [7, 11) is 0. The molecule has 0 saturated heterocycles. The zero-order chi connectivity index (χ0) is 41.1. The van der Waals surface area contributed by atoms with Gasteiger partial charge in [-0.25, -0.2) is 15.0 Å². The van der Waals surface area contributed by atoms with Crippen molar-refractivity contribution in [3.63, 3.8) is 0 Å². The van der Waals surface area contributed by atoms with Gasteiger partial charge in [0.15, 0.2) is 17.5 Å². The van der Waals surface area contributed by atoms with Gasteiger partial charge in [-0.3, -0.25) is 0 Å². The molecule has 1 aliphatic carbocycles. The topological polar surface area (TPSA) is 51.8 Å². The molecule has 2 aromatic heterocycles. The van der Waals surface area contributed by atoms with Crippen LogP contribution in [-0.4, -0.2) is 15.0 Å². The van der Waals surface area contributed by atoms with Gasteiger partial charge in [0.05, 0.1) is 0 Å². The maximum Gasteiger partial charge on any atom is 0.164 e. The number of benzene rings is 10. The van der Waals surface area contributed by atoms with E-state index in [2.05, 4.69) is 190 Å². The number of hydrogen-bond acceptors (Lipinski definition) is 4. The Balaban J connectivity index is 1.11. The van der Waals surface area contributed by atoms with Crippen molar-refractivity contribution in [2.75, 3.05) is 0 Å². The van der Waals surface area contributed by atoms with E-state index >= 15 is 0 Å². The number of fused-ring (bicyclic) bond motifs is 14. The maximum atomic E-state index is 6.89. The number of furan rings is 1. The van der Waals surface area contributed by atoms with E-state index in [1.165, 1.54) is 54.4 Å². The molecule has 62 heavy (non-hydrogen) atoms. The molecule has 12 aromatic rings. The first-order chi connectivity index (χ1) is 30.5. The van der Waals surface area contributed by atoms with E-state index in [1.807, 2.05) is 12.1 Å². The summed E-state index contributed by atoms with van der Waals surface area (Å²) in [5, 5.41) is 11.8. The van der Waals surface area contributed by atoms with Gasteiger partial charge >= 0.3 is 0 Å². The van der Waals surface area contributed by atoms with Crippen molar-refractivity contribution in [3.05, 3.63) is 199 Å². The lowest BCUT2D eigenvalue weighted by molar-refractivity contribution is 0.653. The largest absolute Gasteiger partial charge is 0.455 e. The Kier molecular flexibility index (Phi) is 7.32. The van der Waals surface area contributed by atoms with Crippen LogP contribution in [0.4, 0.5) is 0 Å². The molecular formula is C58H37N3O. The normalized spacial score (nSPS) is 13.1. The van der Waals surface area contributed by atoms with Gasteiger partial charge in [0.1, 0.15) is 11.2 Å². The molecule has 290 valence electrons. The average Bonchev–Trinajstić information content (AvgIpc) is 3.83. The van der Waals surface area contributed by atoms with E-state index in [9.17, 15) is 0 Å². The third-order valence-corrected chi connectivity index (χ3v) is 13.3. The fourth-order valence-corrected chi connectivity index (χ4v) is 10.2. The van der Waals surface area contributed by atoms with E-state index in [0.29, 0.717) is 17.5 Å². The van der Waals surface area contributed by atoms with Gasteiger partial charge in [-0.05, 0) is 95.2 Å². The minimum Gasteiger partial charge on any atom is -0.455 e. The molecule has 13 rings (SSSR count). The highest BCUT2D eigenvalue weighted by Crippen LogP contribution is 2.54. The van der Waals surface area contributed by atoms with Crippen LogP contribution < -0.4 is 0 Å². The Bertz CT molecular complexity index is 3830. The fourth-order valence-electron chi connectivity index (χ4n) is 10.2. The lowest BCUT2D eigenvalue weighted by atomic mass is 9.81. The van der Waals surface area contributed by atoms with Crippen LogP contribution in [0.5, 0.6) is 0 Å². The van der Waals surface area contributed by atoms with Crippen molar-refractivity contribution in [2.45, 2.75) is 19.3 Å². The molecule has 0 saturated carbocycles. The van der Waals surface area contributed by atoms with Crippen molar-refractivity contribution in [1.29, 1.82) is 0 Å². The first-order valence-corrected chi connectivity index (χ1v) is 21.3. The highest BCUT2D eigenvalue weighted by atomic mass is 16.3. The molecular weight excluding hydrogens is 755 g/mol. The molecule has 4 heteroatoms. The zero-order valence-electron chi connectivity index (χ0n) is 34.1. The molecule has 0 atom stereocenters. The monoisotopic (exact) mass is 791 g/mol. The van der Waals surface area contributed by atoms with Crippen molar-refractivity contribution in [2.24, 2.45) is 0 Å². The molecule has 0 spiro atoms. The van der Waals surface area contributed by atoms with Crippen molar-refractivity contribution in [3.8, 4) is 56.4 Å². The van der Waals surface area contributed by atoms with Crippen molar-refractivity contribution in [1.82, 2.24) is 15.0 Å². The average molecular weight is 792 g/mol. The molecule has 2 heterocycles. The van der Waals surface area contributed by atoms with Crippen molar-refractivity contribution >= 4 is 65.0 Å². The summed E-state index contributed by atoms with van der Waals surface area (Å²) < 4.78 is 6.89. The van der Waals surface area contributed by atoms with Crippen molar-refractivity contribution < 1.29 is 4.42 Å². The molecule has 0 N–H and O–H groups in total. The number of hydrogen-bond donors (Lipinski definition) is 0. The van der Waals surface area contributed by atoms with Crippen LogP contribution in [0.15, 0.2) is 192 Å². The van der Waals surface area contributed by atoms with E-state index in [4.69, 9.17) is 19.4 Å². The summed E-state index contributed by atoms with van der Waals surface area (Å²) in [4.78, 5) is 16.2. The van der Waals surface area contributed by atoms with Gasteiger partial charge in [-0.1, -0.05) is 178 Å². The summed E-state index contributed by atoms with van der Waals surface area (Å²) >= 11 is 0. The van der Waals surface area contributed by atoms with Gasteiger partial charge in [0.25, 0.3) is 0 Å². The third-order valence-electron chi connectivity index (χ3n) is 13.3. The Morgan fingerprint density at radius 1 is 0.371 bits per heavy atom. The predicted molar refractivity (Wildman–Crippen MR) is 256 cm³/mol. The molecule has 1 aliphatic rings. The summed E-state index contributed by atoms with van der Waals surface area (Å²) in [5.74, 6) is 1.83. The first kappa shape index (κ1) is 34.9. The van der Waals surface area contributed by atoms with Crippen LogP contribution >= 0.6 is 0 Å². The molecule has 4 nitrogen and oxygen atoms in total. The van der Waals surface area contributed by atoms with E-state index < -0.39 is 0 Å². The van der Waals surface area contributed by atoms with E-state index in [0.717, 1.165) is 60.7 Å². The fraction of sp³-hybridized carbons (Fsp3) is 0.0517. The quantitative estimate of drug-likeness (QED) is 0.167. The molecule has 0 amide bonds. The number of para-hydroxylation sites is 1. The Morgan fingerprint density at radius 2 is 0.952 bits per heavy atom. The second kappa shape index (κ2) is 13.0. The molecule has 0 radical (unpaired) electrons. The predicted octanol–water partition coefficient (Wildman–Crippen LogP) is 15.4. The standard InChI is InChI=1S/C58H37N3O/c1-58(2)47-21-10-8-19-43(47)53-48(58)33-46(52-44-20-9-11-22-49(44)62-54(52)53)57-60-55(40-17-12-16-39(31-40)34-13-4-3-5-14-34)59-56(61-57)41-30-25-36-24-27-38-29-28-37-26-23-35-15-6-7-18-42(35)50(37)51(38)45(36)32-41/h3-33H,1-2H3. The summed E-state index contributed by atoms with van der Waals surface area (Å²) in [6.45, 7) is 4.61. The van der Waals surface area contributed by atoms with Crippen LogP contribution in [0.3, 0.4) is 0 Å². The van der Waals surface area contributed by atoms with Crippen LogP contribution in [0, 0.1) is 0 Å². The van der Waals surface area contributed by atoms with E-state index in [-0.39, 0.29) is 5.41 Å². The van der Waals surface area contributed by atoms with Gasteiger partial charge in [-0.2, -0.15) is 0 Å². The van der Waals surface area contributed by atoms with Crippen LogP contribution in [0.25, 0.3) is 121 Å². The minimum atomic E-state index is -0.275. The first-order valence-electron chi connectivity index (χ1n) is 21.3. The molecule has 0 fully saturated rings. The smallest absolute Gasteiger partial charge is 0.164 e. The Morgan fingerprint density at radius 3 is 1.76 bits per heavy atom. The van der Waals surface area contributed by atoms with Gasteiger partial charge < -0.3 is 4.42 Å². The molecule has 10 aromatic carbocycles. The molecule has 0 aliphatic heterocycles. The molecule has 0 bridgehead atoms. The van der Waals surface area contributed by atoms with E-state index in [1.54, 1.807) is 0 Å². The third kappa shape index (κ3) is 5.10. The Hall–Kier alpha value is -7.95. The maximum absolute atomic E-state index is 6.89. The van der Waals surface area contributed by atoms with Gasteiger partial charge in [0, 0.05) is 38.4 Å². The lowest BCUT2D eigenvalue weighted by Gasteiger charge is -2.22. The highest BCUT2D eigenvalue weighted by Gasteiger charge is 2.39. The van der Waals surface area contributed by atoms with Gasteiger partial charge in [-0.15, -0.1) is 0 Å². The molecule has 0 unspecified atom stereocenters. The number of aromatic nitrogens is 3. The minimum absolute atomic E-state index is 0.275. The second-order valence-electron chi connectivity index (χ2n) is 17.1. The van der Waals surface area contributed by atoms with Crippen LogP contribution in [0.2, 0.25) is 0 Å². The Labute approximate surface area is 357 Å². The van der Waals surface area contributed by atoms with Crippen LogP contribution in [-0.2, 0) is 5.41 Å². The van der Waals surface area contributed by atoms with Gasteiger partial charge in [0.2, 0.25) is 0 Å². The van der Waals surface area contributed by atoms with Crippen LogP contribution in [0.1, 0.15) is 25.0 Å². The zero-order valence-corrected chi connectivity index (χ0v) is 34.1. The summed E-state index contributed by atoms with van der Waals surface area (Å²) in [5.41, 5.74) is 11.3. The SMILES string of the molecule is CC1(C)c2ccccc2-c2c1cc(-c1nc(-c3cccc(-c4ccccc4)c3)nc(-c3ccc4ccc5ccc6ccc7ccccc7c6c5c4c3)n1)c1c2oc2ccccc21. The summed E-state index contributed by atoms with van der Waals surface area (Å²) in [6.07, 6.45) is 0. The number of rotatable bonds is 4. The highest BCUT2D eigenvalue weighted by molar-refractivity contribution is 6.27.